The van der Waals surface area contributed by atoms with Gasteiger partial charge in [0, 0.05) is 0 Å². The fourth-order valence-corrected chi connectivity index (χ4v) is 2.78. The number of rotatable bonds is 2. The van der Waals surface area contributed by atoms with Gasteiger partial charge in [0.25, 0.3) is 0 Å². The molecule has 0 aliphatic rings. The van der Waals surface area contributed by atoms with Crippen LogP contribution in [0.15, 0.2) is 42.5 Å². The highest BCUT2D eigenvalue weighted by molar-refractivity contribution is 7.21. The lowest BCUT2D eigenvalue weighted by atomic mass is 9.87. The van der Waals surface area contributed by atoms with Crippen LogP contribution in [0.3, 0.4) is 0 Å². The molecule has 2 N–H and O–H groups in total. The predicted octanol–water partition coefficient (Wildman–Crippen LogP) is 1.91. The third kappa shape index (κ3) is 1.87. The lowest BCUT2D eigenvalue weighted by Crippen LogP contribution is -2.12. The van der Waals surface area contributed by atoms with Crippen LogP contribution >= 0.6 is 11.3 Å². The minimum atomic E-state index is 0.166. The molecular formula is C13H9BNO2S. The van der Waals surface area contributed by atoms with Gasteiger partial charge in [0.05, 0.1) is 15.8 Å². The van der Waals surface area contributed by atoms with Crippen molar-refractivity contribution in [2.75, 3.05) is 0 Å². The number of hydrogen-bond acceptors (Lipinski definition) is 4. The van der Waals surface area contributed by atoms with Crippen molar-refractivity contribution in [2.24, 2.45) is 0 Å². The third-order valence-electron chi connectivity index (χ3n) is 2.69. The van der Waals surface area contributed by atoms with Crippen molar-refractivity contribution >= 4 is 34.5 Å². The number of aromatic hydroxyl groups is 1. The highest BCUT2D eigenvalue weighted by Gasteiger charge is 2.11. The number of phenolic OH excluding ortho intramolecular Hbond substituents is 1. The van der Waals surface area contributed by atoms with E-state index in [9.17, 15) is 5.11 Å². The Hall–Kier alpha value is -1.85. The highest BCUT2D eigenvalue weighted by atomic mass is 32.1. The molecule has 2 aromatic carbocycles. The molecule has 3 nitrogen and oxygen atoms in total. The molecule has 0 saturated carbocycles. The molecule has 0 aliphatic heterocycles. The van der Waals surface area contributed by atoms with Gasteiger partial charge in [0.2, 0.25) is 0 Å². The Bertz CT molecular complexity index is 678. The molecule has 1 aromatic heterocycles. The van der Waals surface area contributed by atoms with E-state index in [0.29, 0.717) is 11.0 Å². The summed E-state index contributed by atoms with van der Waals surface area (Å²) in [4.78, 5) is 4.48. The summed E-state index contributed by atoms with van der Waals surface area (Å²) in [5, 5.41) is 19.6. The molecule has 1 heterocycles. The second-order valence-corrected chi connectivity index (χ2v) is 4.92. The number of phenols is 1. The number of benzene rings is 2. The topological polar surface area (TPSA) is 53.4 Å². The molecule has 0 atom stereocenters. The first-order valence-corrected chi connectivity index (χ1v) is 6.26. The quantitative estimate of drug-likeness (QED) is 0.687. The average Bonchev–Trinajstić information content (AvgIpc) is 2.82. The molecule has 0 aliphatic carbocycles. The van der Waals surface area contributed by atoms with Crippen LogP contribution in [0.4, 0.5) is 0 Å². The van der Waals surface area contributed by atoms with Crippen molar-refractivity contribution < 1.29 is 10.1 Å². The molecule has 87 valence electrons. The van der Waals surface area contributed by atoms with Gasteiger partial charge in [-0.1, -0.05) is 29.7 Å². The number of nitrogens with zero attached hydrogens (tertiary/aromatic N) is 1. The van der Waals surface area contributed by atoms with Crippen LogP contribution in [0.2, 0.25) is 0 Å². The summed E-state index contributed by atoms with van der Waals surface area (Å²) in [5.41, 5.74) is 2.19. The summed E-state index contributed by atoms with van der Waals surface area (Å²) in [6.45, 7) is 0. The van der Waals surface area contributed by atoms with Crippen LogP contribution in [0.5, 0.6) is 5.75 Å². The van der Waals surface area contributed by atoms with E-state index in [1.165, 1.54) is 11.3 Å². The molecule has 0 spiro atoms. The van der Waals surface area contributed by atoms with Gasteiger partial charge in [0.15, 0.2) is 0 Å². The number of aromatic nitrogens is 1. The zero-order chi connectivity index (χ0) is 12.5. The van der Waals surface area contributed by atoms with Crippen LogP contribution < -0.4 is 5.46 Å². The molecule has 0 amide bonds. The van der Waals surface area contributed by atoms with E-state index in [0.717, 1.165) is 22.7 Å². The second-order valence-electron chi connectivity index (χ2n) is 3.89. The minimum Gasteiger partial charge on any atom is -0.507 e. The largest absolute Gasteiger partial charge is 0.507 e. The molecule has 0 fully saturated rings. The third-order valence-corrected chi connectivity index (χ3v) is 3.76. The maximum atomic E-state index is 9.88. The van der Waals surface area contributed by atoms with E-state index < -0.39 is 0 Å². The van der Waals surface area contributed by atoms with Gasteiger partial charge < -0.3 is 10.1 Å². The van der Waals surface area contributed by atoms with Crippen LogP contribution in [0.25, 0.3) is 20.8 Å². The Labute approximate surface area is 109 Å². The smallest absolute Gasteiger partial charge is 0.326 e. The summed E-state index contributed by atoms with van der Waals surface area (Å²) in [6, 6.07) is 12.7. The Balaban J connectivity index is 2.19. The predicted molar refractivity (Wildman–Crippen MR) is 74.3 cm³/mol. The Kier molecular flexibility index (Phi) is 2.78. The Morgan fingerprint density at radius 2 is 1.94 bits per heavy atom. The van der Waals surface area contributed by atoms with Crippen molar-refractivity contribution in [1.82, 2.24) is 4.98 Å². The minimum absolute atomic E-state index is 0.166. The molecule has 0 saturated heterocycles. The monoisotopic (exact) mass is 254 g/mol. The summed E-state index contributed by atoms with van der Waals surface area (Å²) >= 11 is 1.52. The van der Waals surface area contributed by atoms with Crippen molar-refractivity contribution in [3.63, 3.8) is 0 Å². The summed E-state index contributed by atoms with van der Waals surface area (Å²) in [6.07, 6.45) is 0. The normalized spacial score (nSPS) is 10.7. The zero-order valence-corrected chi connectivity index (χ0v) is 10.2. The van der Waals surface area contributed by atoms with Crippen molar-refractivity contribution in [1.29, 1.82) is 0 Å². The van der Waals surface area contributed by atoms with Gasteiger partial charge in [-0.25, -0.2) is 4.98 Å². The van der Waals surface area contributed by atoms with Crippen LogP contribution in [0.1, 0.15) is 0 Å². The van der Waals surface area contributed by atoms with Gasteiger partial charge in [-0.05, 0) is 18.2 Å². The molecule has 0 unspecified atom stereocenters. The molecule has 1 radical (unpaired) electrons. The van der Waals surface area contributed by atoms with Gasteiger partial charge >= 0.3 is 7.48 Å². The Morgan fingerprint density at radius 3 is 2.72 bits per heavy atom. The fourth-order valence-electron chi connectivity index (χ4n) is 1.79. The van der Waals surface area contributed by atoms with E-state index in [2.05, 4.69) is 4.98 Å². The molecule has 3 rings (SSSR count). The number of hydrogen-bond donors (Lipinski definition) is 2. The van der Waals surface area contributed by atoms with E-state index in [4.69, 9.17) is 5.02 Å². The standard InChI is InChI=1S/C13H9BNO2S/c16-11-6-5-8(14-17)7-9(11)13-15-10-3-1-2-4-12(10)18-13/h1-7,16-17H. The summed E-state index contributed by atoms with van der Waals surface area (Å²) < 4.78 is 1.07. The molecule has 18 heavy (non-hydrogen) atoms. The SMILES string of the molecule is O[B]c1ccc(O)c(-c2nc3ccccc3s2)c1. The van der Waals surface area contributed by atoms with Crippen LogP contribution in [-0.4, -0.2) is 22.6 Å². The second kappa shape index (κ2) is 4.44. The van der Waals surface area contributed by atoms with E-state index in [1.807, 2.05) is 24.3 Å². The number of para-hydroxylation sites is 1. The van der Waals surface area contributed by atoms with Crippen LogP contribution in [-0.2, 0) is 0 Å². The van der Waals surface area contributed by atoms with Gasteiger partial charge in [-0.3, -0.25) is 0 Å². The fraction of sp³-hybridized carbons (Fsp3) is 0. The maximum Gasteiger partial charge on any atom is 0.326 e. The maximum absolute atomic E-state index is 9.88. The Morgan fingerprint density at radius 1 is 1.11 bits per heavy atom. The number of thiazole rings is 1. The van der Waals surface area contributed by atoms with Gasteiger partial charge in [-0.15, -0.1) is 11.3 Å². The zero-order valence-electron chi connectivity index (χ0n) is 9.37. The van der Waals surface area contributed by atoms with Crippen molar-refractivity contribution in [3.05, 3.63) is 42.5 Å². The average molecular weight is 254 g/mol. The molecule has 5 heteroatoms. The first-order chi connectivity index (χ1) is 8.78. The van der Waals surface area contributed by atoms with Gasteiger partial charge in [0.1, 0.15) is 10.8 Å². The molecule has 3 aromatic rings. The van der Waals surface area contributed by atoms with E-state index in [1.54, 1.807) is 18.2 Å². The highest BCUT2D eigenvalue weighted by Crippen LogP contribution is 2.34. The van der Waals surface area contributed by atoms with Crippen molar-refractivity contribution in [3.8, 4) is 16.3 Å². The summed E-state index contributed by atoms with van der Waals surface area (Å²) in [7, 11) is 1.01. The van der Waals surface area contributed by atoms with E-state index >= 15 is 0 Å². The number of fused-ring (bicyclic) bond motifs is 1. The first-order valence-electron chi connectivity index (χ1n) is 5.44. The lowest BCUT2D eigenvalue weighted by molar-refractivity contribution is 0.477. The lowest BCUT2D eigenvalue weighted by Gasteiger charge is -2.02. The van der Waals surface area contributed by atoms with Gasteiger partial charge in [-0.2, -0.15) is 0 Å². The van der Waals surface area contributed by atoms with Crippen LogP contribution in [0, 0.1) is 0 Å². The molecular weight excluding hydrogens is 245 g/mol. The first kappa shape index (κ1) is 11.3. The van der Waals surface area contributed by atoms with E-state index in [-0.39, 0.29) is 5.75 Å². The van der Waals surface area contributed by atoms with Crippen molar-refractivity contribution in [2.45, 2.75) is 0 Å². The summed E-state index contributed by atoms with van der Waals surface area (Å²) in [5.74, 6) is 0.166. The molecule has 0 bridgehead atoms.